The molecule has 0 N–H and O–H groups in total. The van der Waals surface area contributed by atoms with Crippen molar-refractivity contribution in [3.05, 3.63) is 72.3 Å². The fraction of sp³-hybridized carbons (Fsp3) is 0.467. The smallest absolute Gasteiger partial charge is 0.343 e. The van der Waals surface area contributed by atoms with E-state index in [4.69, 9.17) is 14.2 Å². The van der Waals surface area contributed by atoms with Crippen LogP contribution in [0, 0.1) is 5.92 Å². The summed E-state index contributed by atoms with van der Waals surface area (Å²) in [7, 11) is 0. The van der Waals surface area contributed by atoms with E-state index >= 15 is 0 Å². The van der Waals surface area contributed by atoms with Crippen LogP contribution < -0.4 is 9.47 Å². The molecule has 0 saturated heterocycles. The lowest BCUT2D eigenvalue weighted by atomic mass is 10.1. The van der Waals surface area contributed by atoms with Crippen LogP contribution >= 0.6 is 0 Å². The van der Waals surface area contributed by atoms with Crippen LogP contribution in [0.2, 0.25) is 0 Å². The van der Waals surface area contributed by atoms with E-state index in [1.807, 2.05) is 6.08 Å². The molecule has 0 unspecified atom stereocenters. The first-order chi connectivity index (χ1) is 17.0. The lowest BCUT2D eigenvalue weighted by Crippen LogP contribution is -2.10. The van der Waals surface area contributed by atoms with Gasteiger partial charge in [-0.3, -0.25) is 0 Å². The molecule has 0 aliphatic rings. The zero-order valence-electron chi connectivity index (χ0n) is 21.3. The first-order valence-electron chi connectivity index (χ1n) is 12.9. The second kappa shape index (κ2) is 16.5. The van der Waals surface area contributed by atoms with E-state index in [1.54, 1.807) is 48.5 Å². The Morgan fingerprint density at radius 1 is 0.800 bits per heavy atom. The third-order valence-electron chi connectivity index (χ3n) is 5.91. The molecule has 5 heteroatoms. The van der Waals surface area contributed by atoms with Crippen LogP contribution in [0.25, 0.3) is 0 Å². The summed E-state index contributed by atoms with van der Waals surface area (Å²) in [4.78, 5) is 24.7. The SMILES string of the molecule is C=CCCCCCCCCCOC(=O)c1ccc(C(=O)Oc2ccc(OC[C@@H](C)CC)cc2)cc1. The molecule has 0 saturated carbocycles. The number of benzene rings is 2. The molecule has 0 aromatic heterocycles. The predicted octanol–water partition coefficient (Wildman–Crippen LogP) is 7.79. The predicted molar refractivity (Wildman–Crippen MR) is 140 cm³/mol. The molecule has 0 spiro atoms. The van der Waals surface area contributed by atoms with Gasteiger partial charge in [-0.15, -0.1) is 6.58 Å². The largest absolute Gasteiger partial charge is 0.493 e. The summed E-state index contributed by atoms with van der Waals surface area (Å²) >= 11 is 0. The highest BCUT2D eigenvalue weighted by atomic mass is 16.5. The molecule has 5 nitrogen and oxygen atoms in total. The van der Waals surface area contributed by atoms with Crippen molar-refractivity contribution < 1.29 is 23.8 Å². The molecule has 2 aromatic rings. The molecular formula is C30H40O5. The number of rotatable bonds is 17. The number of allylic oxidation sites excluding steroid dienone is 1. The van der Waals surface area contributed by atoms with Crippen LogP contribution in [0.3, 0.4) is 0 Å². The summed E-state index contributed by atoms with van der Waals surface area (Å²) in [6, 6.07) is 13.3. The Balaban J connectivity index is 1.68. The normalized spacial score (nSPS) is 11.5. The Kier molecular flexibility index (Phi) is 13.3. The highest BCUT2D eigenvalue weighted by Gasteiger charge is 2.12. The standard InChI is InChI=1S/C30H40O5/c1-4-6-7-8-9-10-11-12-13-22-33-29(31)25-14-16-26(17-15-25)30(32)35-28-20-18-27(19-21-28)34-23-24(3)5-2/h4,14-21,24H,1,5-13,22-23H2,2-3H3/t24-/m0/s1. The Labute approximate surface area is 210 Å². The van der Waals surface area contributed by atoms with Gasteiger partial charge in [-0.05, 0) is 73.7 Å². The lowest BCUT2D eigenvalue weighted by molar-refractivity contribution is 0.0497. The fourth-order valence-electron chi connectivity index (χ4n) is 3.39. The van der Waals surface area contributed by atoms with Crippen LogP contribution in [-0.4, -0.2) is 25.2 Å². The van der Waals surface area contributed by atoms with Gasteiger partial charge >= 0.3 is 11.9 Å². The van der Waals surface area contributed by atoms with E-state index in [2.05, 4.69) is 20.4 Å². The Bertz CT molecular complexity index is 886. The maximum absolute atomic E-state index is 12.4. The van der Waals surface area contributed by atoms with E-state index < -0.39 is 5.97 Å². The van der Waals surface area contributed by atoms with Gasteiger partial charge in [-0.2, -0.15) is 0 Å². The van der Waals surface area contributed by atoms with Gasteiger partial charge in [0.15, 0.2) is 0 Å². The molecule has 35 heavy (non-hydrogen) atoms. The number of unbranched alkanes of at least 4 members (excludes halogenated alkanes) is 7. The Hall–Kier alpha value is -3.08. The fourth-order valence-corrected chi connectivity index (χ4v) is 3.39. The maximum Gasteiger partial charge on any atom is 0.343 e. The van der Waals surface area contributed by atoms with Gasteiger partial charge in [0.05, 0.1) is 24.3 Å². The lowest BCUT2D eigenvalue weighted by Gasteiger charge is -2.11. The molecule has 1 atom stereocenters. The van der Waals surface area contributed by atoms with Crippen molar-refractivity contribution in [2.45, 2.75) is 71.6 Å². The van der Waals surface area contributed by atoms with Crippen LogP contribution in [0.5, 0.6) is 11.5 Å². The summed E-state index contributed by atoms with van der Waals surface area (Å²) in [6.45, 7) is 9.07. The summed E-state index contributed by atoms with van der Waals surface area (Å²) in [5, 5.41) is 0. The third-order valence-corrected chi connectivity index (χ3v) is 5.91. The van der Waals surface area contributed by atoms with Crippen molar-refractivity contribution in [1.29, 1.82) is 0 Å². The quantitative estimate of drug-likeness (QED) is 0.100. The van der Waals surface area contributed by atoms with Crippen molar-refractivity contribution in [1.82, 2.24) is 0 Å². The van der Waals surface area contributed by atoms with Crippen LogP contribution in [-0.2, 0) is 4.74 Å². The van der Waals surface area contributed by atoms with Crippen molar-refractivity contribution in [3.63, 3.8) is 0 Å². The number of carbonyl (C=O) groups is 2. The zero-order valence-corrected chi connectivity index (χ0v) is 21.3. The average Bonchev–Trinajstić information content (AvgIpc) is 2.89. The van der Waals surface area contributed by atoms with Gasteiger partial charge in [-0.1, -0.05) is 58.4 Å². The van der Waals surface area contributed by atoms with Crippen molar-refractivity contribution in [2.24, 2.45) is 5.92 Å². The zero-order chi connectivity index (χ0) is 25.3. The minimum absolute atomic E-state index is 0.367. The van der Waals surface area contributed by atoms with E-state index in [1.165, 1.54) is 25.7 Å². The number of ether oxygens (including phenoxy) is 3. The van der Waals surface area contributed by atoms with Crippen LogP contribution in [0.4, 0.5) is 0 Å². The Morgan fingerprint density at radius 2 is 1.34 bits per heavy atom. The van der Waals surface area contributed by atoms with E-state index in [9.17, 15) is 9.59 Å². The van der Waals surface area contributed by atoms with Gasteiger partial charge in [0.25, 0.3) is 0 Å². The summed E-state index contributed by atoms with van der Waals surface area (Å²) in [5.41, 5.74) is 0.790. The topological polar surface area (TPSA) is 61.8 Å². The molecular weight excluding hydrogens is 440 g/mol. The van der Waals surface area contributed by atoms with Gasteiger partial charge in [0.2, 0.25) is 0 Å². The maximum atomic E-state index is 12.4. The first-order valence-corrected chi connectivity index (χ1v) is 12.9. The highest BCUT2D eigenvalue weighted by molar-refractivity contribution is 5.94. The average molecular weight is 481 g/mol. The molecule has 2 aromatic carbocycles. The minimum atomic E-state index is -0.484. The third kappa shape index (κ3) is 11.3. The van der Waals surface area contributed by atoms with Gasteiger partial charge in [0.1, 0.15) is 11.5 Å². The van der Waals surface area contributed by atoms with Crippen LogP contribution in [0.1, 0.15) is 92.4 Å². The highest BCUT2D eigenvalue weighted by Crippen LogP contribution is 2.20. The molecule has 0 fully saturated rings. The van der Waals surface area contributed by atoms with Crippen molar-refractivity contribution in [3.8, 4) is 11.5 Å². The molecule has 0 amide bonds. The monoisotopic (exact) mass is 480 g/mol. The van der Waals surface area contributed by atoms with Gasteiger partial charge in [0, 0.05) is 0 Å². The van der Waals surface area contributed by atoms with Gasteiger partial charge in [-0.25, -0.2) is 9.59 Å². The minimum Gasteiger partial charge on any atom is -0.493 e. The van der Waals surface area contributed by atoms with Crippen LogP contribution in [0.15, 0.2) is 61.2 Å². The number of carbonyl (C=O) groups excluding carboxylic acids is 2. The molecule has 2 rings (SSSR count). The number of esters is 2. The summed E-state index contributed by atoms with van der Waals surface area (Å²) < 4.78 is 16.5. The molecule has 0 aliphatic carbocycles. The second-order valence-electron chi connectivity index (χ2n) is 8.95. The van der Waals surface area contributed by atoms with E-state index in [0.29, 0.717) is 36.0 Å². The van der Waals surface area contributed by atoms with Crippen molar-refractivity contribution >= 4 is 11.9 Å². The van der Waals surface area contributed by atoms with E-state index in [-0.39, 0.29) is 5.97 Å². The second-order valence-corrected chi connectivity index (χ2v) is 8.95. The molecule has 190 valence electrons. The summed E-state index contributed by atoms with van der Waals surface area (Å²) in [5.74, 6) is 0.809. The van der Waals surface area contributed by atoms with Gasteiger partial charge < -0.3 is 14.2 Å². The van der Waals surface area contributed by atoms with E-state index in [0.717, 1.165) is 37.9 Å². The van der Waals surface area contributed by atoms with Crippen molar-refractivity contribution in [2.75, 3.05) is 13.2 Å². The number of hydrogen-bond acceptors (Lipinski definition) is 5. The molecule has 0 bridgehead atoms. The first kappa shape index (κ1) is 28.2. The molecule has 0 aliphatic heterocycles. The Morgan fingerprint density at radius 3 is 1.94 bits per heavy atom. The number of hydrogen-bond donors (Lipinski definition) is 0. The molecule has 0 radical (unpaired) electrons. The summed E-state index contributed by atoms with van der Waals surface area (Å²) in [6.07, 6.45) is 12.2. The molecule has 0 heterocycles.